The highest BCUT2D eigenvalue weighted by atomic mass is 35.5. The fraction of sp³-hybridized carbons (Fsp3) is 0.556. The molecular weight excluding hydrogens is 229 g/mol. The summed E-state index contributed by atoms with van der Waals surface area (Å²) in [5.41, 5.74) is 6.36. The minimum atomic E-state index is -4.12. The average molecular weight is 243 g/mol. The van der Waals surface area contributed by atoms with Gasteiger partial charge in [0, 0.05) is 31.4 Å². The minimum absolute atomic E-state index is 0. The molecule has 0 bridgehead atoms. The van der Waals surface area contributed by atoms with Gasteiger partial charge in [0.2, 0.25) is 0 Å². The molecule has 0 aliphatic heterocycles. The van der Waals surface area contributed by atoms with Crippen molar-refractivity contribution >= 4 is 12.4 Å². The first-order valence-electron chi connectivity index (χ1n) is 4.34. The monoisotopic (exact) mass is 242 g/mol. The van der Waals surface area contributed by atoms with Crippen LogP contribution in [0.15, 0.2) is 18.3 Å². The SMILES string of the molecule is Cl.Cn1cccc1[C@@H](N)CCC(F)(F)F. The molecule has 88 valence electrons. The second-order valence-electron chi connectivity index (χ2n) is 3.30. The molecule has 0 aliphatic carbocycles. The molecule has 0 spiro atoms. The van der Waals surface area contributed by atoms with E-state index >= 15 is 0 Å². The van der Waals surface area contributed by atoms with Crippen molar-refractivity contribution in [2.75, 3.05) is 0 Å². The fourth-order valence-corrected chi connectivity index (χ4v) is 1.33. The molecule has 0 aromatic carbocycles. The summed E-state index contributed by atoms with van der Waals surface area (Å²) < 4.78 is 37.4. The van der Waals surface area contributed by atoms with Crippen LogP contribution in [0.5, 0.6) is 0 Å². The number of aromatic nitrogens is 1. The lowest BCUT2D eigenvalue weighted by Gasteiger charge is -2.14. The Morgan fingerprint density at radius 2 is 2.07 bits per heavy atom. The van der Waals surface area contributed by atoms with Gasteiger partial charge in [0.15, 0.2) is 0 Å². The van der Waals surface area contributed by atoms with Crippen LogP contribution in [0.1, 0.15) is 24.6 Å². The van der Waals surface area contributed by atoms with Gasteiger partial charge in [0.25, 0.3) is 0 Å². The third-order valence-electron chi connectivity index (χ3n) is 2.10. The molecule has 1 heterocycles. The van der Waals surface area contributed by atoms with E-state index in [0.29, 0.717) is 0 Å². The summed E-state index contributed by atoms with van der Waals surface area (Å²) in [6.07, 6.45) is -3.26. The highest BCUT2D eigenvalue weighted by Crippen LogP contribution is 2.26. The number of alkyl halides is 3. The quantitative estimate of drug-likeness (QED) is 0.868. The number of hydrogen-bond acceptors (Lipinski definition) is 1. The zero-order valence-electron chi connectivity index (χ0n) is 8.29. The van der Waals surface area contributed by atoms with Gasteiger partial charge in [0.05, 0.1) is 0 Å². The van der Waals surface area contributed by atoms with Gasteiger partial charge in [0.1, 0.15) is 0 Å². The molecule has 0 unspecified atom stereocenters. The van der Waals surface area contributed by atoms with E-state index in [4.69, 9.17) is 5.73 Å². The van der Waals surface area contributed by atoms with Crippen molar-refractivity contribution in [3.8, 4) is 0 Å². The van der Waals surface area contributed by atoms with Gasteiger partial charge in [-0.2, -0.15) is 13.2 Å². The van der Waals surface area contributed by atoms with Crippen LogP contribution in [-0.4, -0.2) is 10.7 Å². The van der Waals surface area contributed by atoms with Crippen LogP contribution in [0.2, 0.25) is 0 Å². The molecule has 1 aromatic rings. The van der Waals surface area contributed by atoms with Crippen molar-refractivity contribution in [1.29, 1.82) is 0 Å². The average Bonchev–Trinajstić information content (AvgIpc) is 2.46. The predicted octanol–water partition coefficient (Wildman–Crippen LogP) is 2.79. The van der Waals surface area contributed by atoms with Gasteiger partial charge < -0.3 is 10.3 Å². The lowest BCUT2D eigenvalue weighted by Crippen LogP contribution is -2.17. The van der Waals surface area contributed by atoms with E-state index in [1.807, 2.05) is 0 Å². The molecule has 0 saturated heterocycles. The highest BCUT2D eigenvalue weighted by molar-refractivity contribution is 5.85. The van der Waals surface area contributed by atoms with Crippen LogP contribution >= 0.6 is 12.4 Å². The van der Waals surface area contributed by atoms with E-state index in [9.17, 15) is 13.2 Å². The standard InChI is InChI=1S/C9H13F3N2.ClH/c1-14-6-2-3-8(14)7(13)4-5-9(10,11)12;/h2-3,6-7H,4-5,13H2,1H3;1H/t7-;/m0./s1. The third kappa shape index (κ3) is 4.57. The van der Waals surface area contributed by atoms with Crippen molar-refractivity contribution < 1.29 is 13.2 Å². The van der Waals surface area contributed by atoms with Crippen LogP contribution in [0.25, 0.3) is 0 Å². The van der Waals surface area contributed by atoms with E-state index in [0.717, 1.165) is 5.69 Å². The fourth-order valence-electron chi connectivity index (χ4n) is 1.33. The summed E-state index contributed by atoms with van der Waals surface area (Å²) in [6, 6.07) is 2.96. The molecule has 2 N–H and O–H groups in total. The van der Waals surface area contributed by atoms with Gasteiger partial charge in [-0.1, -0.05) is 0 Å². The summed E-state index contributed by atoms with van der Waals surface area (Å²) in [6.45, 7) is 0. The molecule has 0 amide bonds. The van der Waals surface area contributed by atoms with E-state index in [1.165, 1.54) is 0 Å². The molecule has 1 atom stereocenters. The Balaban J connectivity index is 0.00000196. The summed E-state index contributed by atoms with van der Waals surface area (Å²) >= 11 is 0. The topological polar surface area (TPSA) is 30.9 Å². The van der Waals surface area contributed by atoms with Crippen LogP contribution in [0.3, 0.4) is 0 Å². The maximum Gasteiger partial charge on any atom is 0.389 e. The maximum absolute atomic E-state index is 11.9. The van der Waals surface area contributed by atoms with Crippen molar-refractivity contribution in [3.05, 3.63) is 24.0 Å². The number of rotatable bonds is 3. The molecule has 0 aliphatic rings. The second-order valence-corrected chi connectivity index (χ2v) is 3.30. The number of aryl methyl sites for hydroxylation is 1. The van der Waals surface area contributed by atoms with E-state index in [2.05, 4.69) is 0 Å². The van der Waals surface area contributed by atoms with Gasteiger partial charge in [-0.25, -0.2) is 0 Å². The largest absolute Gasteiger partial charge is 0.389 e. The molecule has 0 radical (unpaired) electrons. The molecule has 6 heteroatoms. The van der Waals surface area contributed by atoms with Gasteiger partial charge >= 0.3 is 6.18 Å². The van der Waals surface area contributed by atoms with Crippen molar-refractivity contribution in [2.45, 2.75) is 25.1 Å². The first-order chi connectivity index (χ1) is 6.40. The number of hydrogen-bond donors (Lipinski definition) is 1. The van der Waals surface area contributed by atoms with Crippen LogP contribution in [0, 0.1) is 0 Å². The Hall–Kier alpha value is -0.680. The van der Waals surface area contributed by atoms with E-state index in [-0.39, 0.29) is 18.8 Å². The highest BCUT2D eigenvalue weighted by Gasteiger charge is 2.28. The summed E-state index contributed by atoms with van der Waals surface area (Å²) in [5, 5.41) is 0. The zero-order chi connectivity index (χ0) is 10.8. The Labute approximate surface area is 92.7 Å². The Morgan fingerprint density at radius 1 is 1.47 bits per heavy atom. The first-order valence-corrected chi connectivity index (χ1v) is 4.34. The van der Waals surface area contributed by atoms with Gasteiger partial charge in [-0.15, -0.1) is 12.4 Å². The second kappa shape index (κ2) is 5.42. The maximum atomic E-state index is 11.9. The van der Waals surface area contributed by atoms with Gasteiger partial charge in [-0.05, 0) is 18.6 Å². The minimum Gasteiger partial charge on any atom is -0.353 e. The lowest BCUT2D eigenvalue weighted by molar-refractivity contribution is -0.136. The van der Waals surface area contributed by atoms with Crippen LogP contribution < -0.4 is 5.73 Å². The summed E-state index contributed by atoms with van der Waals surface area (Å²) in [5.74, 6) is 0. The summed E-state index contributed by atoms with van der Waals surface area (Å²) in [4.78, 5) is 0. The van der Waals surface area contributed by atoms with Crippen LogP contribution in [-0.2, 0) is 7.05 Å². The molecule has 2 nitrogen and oxygen atoms in total. The van der Waals surface area contributed by atoms with Crippen molar-refractivity contribution in [1.82, 2.24) is 4.57 Å². The molecule has 15 heavy (non-hydrogen) atoms. The summed E-state index contributed by atoms with van der Waals surface area (Å²) in [7, 11) is 1.77. The number of halogens is 4. The smallest absolute Gasteiger partial charge is 0.353 e. The predicted molar refractivity (Wildman–Crippen MR) is 54.9 cm³/mol. The van der Waals surface area contributed by atoms with Crippen molar-refractivity contribution in [3.63, 3.8) is 0 Å². The Kier molecular flexibility index (Phi) is 5.17. The molecule has 1 aromatic heterocycles. The van der Waals surface area contributed by atoms with E-state index in [1.54, 1.807) is 29.9 Å². The third-order valence-corrected chi connectivity index (χ3v) is 2.10. The van der Waals surface area contributed by atoms with E-state index < -0.39 is 18.6 Å². The number of nitrogens with zero attached hydrogens (tertiary/aromatic N) is 1. The van der Waals surface area contributed by atoms with Crippen LogP contribution in [0.4, 0.5) is 13.2 Å². The zero-order valence-corrected chi connectivity index (χ0v) is 9.11. The number of nitrogens with two attached hydrogens (primary N) is 1. The molecule has 1 rings (SSSR count). The Morgan fingerprint density at radius 3 is 2.47 bits per heavy atom. The molecule has 0 saturated carbocycles. The van der Waals surface area contributed by atoms with Crippen molar-refractivity contribution in [2.24, 2.45) is 12.8 Å². The normalized spacial score (nSPS) is 13.4. The molecule has 0 fully saturated rings. The molecular formula is C9H14ClF3N2. The van der Waals surface area contributed by atoms with Gasteiger partial charge in [-0.3, -0.25) is 0 Å². The lowest BCUT2D eigenvalue weighted by atomic mass is 10.1. The first kappa shape index (κ1) is 14.3. The Bertz CT molecular complexity index is 296.